The standard InChI is InChI=1S/C12H8F3N5O3/c13-12(14,15)7-1-2-8(10(5-7)20(22)23)18-19-11(21)9-6-16-3-4-17-9/h1-6,18H,(H,19,21). The van der Waals surface area contributed by atoms with Gasteiger partial charge in [0.25, 0.3) is 11.6 Å². The summed E-state index contributed by atoms with van der Waals surface area (Å²) in [4.78, 5) is 28.9. The summed E-state index contributed by atoms with van der Waals surface area (Å²) >= 11 is 0. The van der Waals surface area contributed by atoms with Crippen molar-refractivity contribution in [2.75, 3.05) is 5.43 Å². The van der Waals surface area contributed by atoms with Crippen LogP contribution in [0.25, 0.3) is 0 Å². The van der Waals surface area contributed by atoms with Gasteiger partial charge in [-0.2, -0.15) is 13.2 Å². The van der Waals surface area contributed by atoms with Crippen molar-refractivity contribution in [2.24, 2.45) is 0 Å². The lowest BCUT2D eigenvalue weighted by Gasteiger charge is -2.11. The Bertz CT molecular complexity index is 736. The van der Waals surface area contributed by atoms with Crippen molar-refractivity contribution in [1.29, 1.82) is 0 Å². The molecule has 0 saturated carbocycles. The van der Waals surface area contributed by atoms with E-state index in [9.17, 15) is 28.1 Å². The van der Waals surface area contributed by atoms with E-state index in [2.05, 4.69) is 20.8 Å². The number of hydrazine groups is 1. The normalized spacial score (nSPS) is 10.9. The van der Waals surface area contributed by atoms with Gasteiger partial charge in [-0.15, -0.1) is 0 Å². The third-order valence-corrected chi connectivity index (χ3v) is 2.63. The van der Waals surface area contributed by atoms with Gasteiger partial charge in [0.1, 0.15) is 11.4 Å². The predicted molar refractivity (Wildman–Crippen MR) is 71.2 cm³/mol. The van der Waals surface area contributed by atoms with E-state index in [0.29, 0.717) is 12.1 Å². The second-order valence-electron chi connectivity index (χ2n) is 4.16. The molecule has 120 valence electrons. The molecule has 2 N–H and O–H groups in total. The maximum Gasteiger partial charge on any atom is 0.416 e. The number of anilines is 1. The molecule has 0 radical (unpaired) electrons. The second-order valence-corrected chi connectivity index (χ2v) is 4.16. The van der Waals surface area contributed by atoms with Crippen molar-refractivity contribution in [3.05, 3.63) is 58.2 Å². The SMILES string of the molecule is O=C(NNc1ccc(C(F)(F)F)cc1[N+](=O)[O-])c1cnccn1. The molecule has 8 nitrogen and oxygen atoms in total. The topological polar surface area (TPSA) is 110 Å². The maximum absolute atomic E-state index is 12.6. The molecule has 1 amide bonds. The second kappa shape index (κ2) is 6.25. The summed E-state index contributed by atoms with van der Waals surface area (Å²) in [7, 11) is 0. The van der Waals surface area contributed by atoms with Crippen LogP contribution in [0.4, 0.5) is 24.5 Å². The van der Waals surface area contributed by atoms with E-state index in [4.69, 9.17) is 0 Å². The number of alkyl halides is 3. The summed E-state index contributed by atoms with van der Waals surface area (Å²) in [5.74, 6) is -0.757. The van der Waals surface area contributed by atoms with Crippen LogP contribution in [0.2, 0.25) is 0 Å². The van der Waals surface area contributed by atoms with Gasteiger partial charge in [0.15, 0.2) is 0 Å². The molecular weight excluding hydrogens is 319 g/mol. The number of benzene rings is 1. The Kier molecular flexibility index (Phi) is 4.39. The number of nitro groups is 1. The lowest BCUT2D eigenvalue weighted by molar-refractivity contribution is -0.384. The molecule has 1 aromatic heterocycles. The molecule has 0 aliphatic carbocycles. The van der Waals surface area contributed by atoms with Crippen LogP contribution in [0, 0.1) is 10.1 Å². The summed E-state index contributed by atoms with van der Waals surface area (Å²) in [6.45, 7) is 0. The lowest BCUT2D eigenvalue weighted by Crippen LogP contribution is -2.30. The van der Waals surface area contributed by atoms with Crippen molar-refractivity contribution in [3.8, 4) is 0 Å². The van der Waals surface area contributed by atoms with E-state index in [-0.39, 0.29) is 11.4 Å². The number of amides is 1. The quantitative estimate of drug-likeness (QED) is 0.658. The summed E-state index contributed by atoms with van der Waals surface area (Å²) in [5.41, 5.74) is 1.90. The Morgan fingerprint density at radius 3 is 2.57 bits per heavy atom. The Morgan fingerprint density at radius 1 is 1.26 bits per heavy atom. The number of carbonyl (C=O) groups is 1. The van der Waals surface area contributed by atoms with Gasteiger partial charge in [0.2, 0.25) is 0 Å². The summed E-state index contributed by atoms with van der Waals surface area (Å²) in [6, 6.07) is 1.87. The predicted octanol–water partition coefficient (Wildman–Crippen LogP) is 2.16. The molecule has 2 aromatic rings. The number of nitro benzene ring substituents is 1. The molecule has 0 fully saturated rings. The molecule has 0 aliphatic heterocycles. The first kappa shape index (κ1) is 16.1. The Hall–Kier alpha value is -3.24. The largest absolute Gasteiger partial charge is 0.416 e. The zero-order chi connectivity index (χ0) is 17.0. The number of hydrogen-bond acceptors (Lipinski definition) is 6. The molecule has 1 aromatic carbocycles. The minimum absolute atomic E-state index is 0.0745. The number of nitrogens with one attached hydrogen (secondary N) is 2. The monoisotopic (exact) mass is 327 g/mol. The molecule has 0 unspecified atom stereocenters. The summed E-state index contributed by atoms with van der Waals surface area (Å²) in [6.07, 6.45) is -0.968. The average molecular weight is 327 g/mol. The Morgan fingerprint density at radius 2 is 2.00 bits per heavy atom. The van der Waals surface area contributed by atoms with Gasteiger partial charge >= 0.3 is 6.18 Å². The number of aromatic nitrogens is 2. The minimum atomic E-state index is -4.72. The van der Waals surface area contributed by atoms with Crippen molar-refractivity contribution in [1.82, 2.24) is 15.4 Å². The lowest BCUT2D eigenvalue weighted by atomic mass is 10.1. The van der Waals surface area contributed by atoms with Crippen molar-refractivity contribution in [3.63, 3.8) is 0 Å². The van der Waals surface area contributed by atoms with Gasteiger partial charge in [-0.1, -0.05) is 0 Å². The fourth-order valence-electron chi connectivity index (χ4n) is 1.57. The number of hydrogen-bond donors (Lipinski definition) is 2. The molecule has 1 heterocycles. The van der Waals surface area contributed by atoms with Crippen LogP contribution in [0.1, 0.15) is 16.1 Å². The van der Waals surface area contributed by atoms with E-state index < -0.39 is 28.3 Å². The number of rotatable bonds is 4. The van der Waals surface area contributed by atoms with Gasteiger partial charge in [0, 0.05) is 18.5 Å². The van der Waals surface area contributed by atoms with Crippen LogP contribution in [0.3, 0.4) is 0 Å². The van der Waals surface area contributed by atoms with Crippen LogP contribution in [-0.4, -0.2) is 20.8 Å². The van der Waals surface area contributed by atoms with Gasteiger partial charge in [-0.3, -0.25) is 30.7 Å². The van der Waals surface area contributed by atoms with Crippen LogP contribution >= 0.6 is 0 Å². The molecule has 0 bridgehead atoms. The molecule has 0 spiro atoms. The van der Waals surface area contributed by atoms with Crippen molar-refractivity contribution in [2.45, 2.75) is 6.18 Å². The van der Waals surface area contributed by atoms with E-state index in [0.717, 1.165) is 12.3 Å². The van der Waals surface area contributed by atoms with E-state index in [1.54, 1.807) is 0 Å². The van der Waals surface area contributed by atoms with Gasteiger partial charge in [0.05, 0.1) is 16.7 Å². The van der Waals surface area contributed by atoms with Crippen molar-refractivity contribution >= 4 is 17.3 Å². The molecule has 11 heteroatoms. The minimum Gasteiger partial charge on any atom is -0.292 e. The van der Waals surface area contributed by atoms with E-state index in [1.165, 1.54) is 12.4 Å². The van der Waals surface area contributed by atoms with Crippen LogP contribution in [-0.2, 0) is 6.18 Å². The van der Waals surface area contributed by atoms with Gasteiger partial charge in [-0.25, -0.2) is 4.98 Å². The van der Waals surface area contributed by atoms with Gasteiger partial charge < -0.3 is 0 Å². The third-order valence-electron chi connectivity index (χ3n) is 2.63. The highest BCUT2D eigenvalue weighted by molar-refractivity contribution is 5.92. The number of carbonyl (C=O) groups excluding carboxylic acids is 1. The molecule has 0 aliphatic rings. The first-order valence-corrected chi connectivity index (χ1v) is 5.97. The molecular formula is C12H8F3N5O3. The van der Waals surface area contributed by atoms with Crippen LogP contribution < -0.4 is 10.9 Å². The molecule has 0 saturated heterocycles. The fraction of sp³-hybridized carbons (Fsp3) is 0.0833. The first-order valence-electron chi connectivity index (χ1n) is 5.97. The van der Waals surface area contributed by atoms with Crippen LogP contribution in [0.5, 0.6) is 0 Å². The maximum atomic E-state index is 12.6. The Labute approximate surface area is 126 Å². The number of nitrogens with zero attached hydrogens (tertiary/aromatic N) is 3. The summed E-state index contributed by atoms with van der Waals surface area (Å²) < 4.78 is 37.7. The number of halogens is 3. The highest BCUT2D eigenvalue weighted by Crippen LogP contribution is 2.34. The van der Waals surface area contributed by atoms with Gasteiger partial charge in [-0.05, 0) is 12.1 Å². The summed E-state index contributed by atoms with van der Waals surface area (Å²) in [5, 5.41) is 10.9. The Balaban J connectivity index is 2.20. The zero-order valence-corrected chi connectivity index (χ0v) is 11.2. The smallest absolute Gasteiger partial charge is 0.292 e. The zero-order valence-electron chi connectivity index (χ0n) is 11.2. The van der Waals surface area contributed by atoms with E-state index in [1.807, 2.05) is 0 Å². The molecule has 2 rings (SSSR count). The highest BCUT2D eigenvalue weighted by Gasteiger charge is 2.33. The highest BCUT2D eigenvalue weighted by atomic mass is 19.4. The molecule has 23 heavy (non-hydrogen) atoms. The first-order chi connectivity index (χ1) is 10.8. The van der Waals surface area contributed by atoms with Crippen LogP contribution in [0.15, 0.2) is 36.8 Å². The fourth-order valence-corrected chi connectivity index (χ4v) is 1.57. The van der Waals surface area contributed by atoms with Crippen molar-refractivity contribution < 1.29 is 22.9 Å². The third kappa shape index (κ3) is 3.90. The average Bonchev–Trinajstić information content (AvgIpc) is 2.52. The van der Waals surface area contributed by atoms with E-state index >= 15 is 0 Å². The molecule has 0 atom stereocenters.